The van der Waals surface area contributed by atoms with E-state index in [1.807, 2.05) is 0 Å². The molecule has 0 aliphatic carbocycles. The second-order valence-corrected chi connectivity index (χ2v) is 8.15. The van der Waals surface area contributed by atoms with E-state index in [1.165, 1.54) is 10.8 Å². The highest BCUT2D eigenvalue weighted by atomic mass is 28.4. The molecular formula is C19H28O3Si. The molecule has 0 bridgehead atoms. The summed E-state index contributed by atoms with van der Waals surface area (Å²) in [6.07, 6.45) is 2.85. The SMILES string of the molecule is CCCO[Si](OCCC)(OCCC)c1cccc2ccccc12. The quantitative estimate of drug-likeness (QED) is 0.608. The van der Waals surface area contributed by atoms with Gasteiger partial charge in [-0.05, 0) is 30.0 Å². The van der Waals surface area contributed by atoms with Crippen molar-refractivity contribution < 1.29 is 13.3 Å². The summed E-state index contributed by atoms with van der Waals surface area (Å²) in [5, 5.41) is 3.46. The van der Waals surface area contributed by atoms with E-state index in [1.54, 1.807) is 0 Å². The summed E-state index contributed by atoms with van der Waals surface area (Å²) in [4.78, 5) is 0. The van der Waals surface area contributed by atoms with Crippen LogP contribution in [-0.4, -0.2) is 28.6 Å². The van der Waals surface area contributed by atoms with Crippen LogP contribution in [0.4, 0.5) is 0 Å². The molecule has 0 spiro atoms. The molecule has 0 aliphatic rings. The molecular weight excluding hydrogens is 304 g/mol. The van der Waals surface area contributed by atoms with Crippen molar-refractivity contribution in [2.75, 3.05) is 19.8 Å². The molecule has 0 aromatic heterocycles. The van der Waals surface area contributed by atoms with Crippen LogP contribution in [0.25, 0.3) is 10.8 Å². The van der Waals surface area contributed by atoms with Crippen molar-refractivity contribution in [1.82, 2.24) is 0 Å². The molecule has 0 saturated carbocycles. The average Bonchev–Trinajstić information content (AvgIpc) is 2.61. The topological polar surface area (TPSA) is 27.7 Å². The maximum Gasteiger partial charge on any atom is 0.537 e. The first-order chi connectivity index (χ1) is 11.3. The summed E-state index contributed by atoms with van der Waals surface area (Å²) in [5.41, 5.74) is 0. The maximum absolute atomic E-state index is 6.27. The monoisotopic (exact) mass is 332 g/mol. The van der Waals surface area contributed by atoms with Crippen LogP contribution < -0.4 is 5.19 Å². The van der Waals surface area contributed by atoms with E-state index in [2.05, 4.69) is 63.2 Å². The summed E-state index contributed by atoms with van der Waals surface area (Å²) in [6.45, 7) is 8.31. The molecule has 2 rings (SSSR count). The Morgan fingerprint density at radius 3 is 1.78 bits per heavy atom. The molecule has 0 amide bonds. The van der Waals surface area contributed by atoms with Crippen LogP contribution in [0, 0.1) is 0 Å². The molecule has 0 atom stereocenters. The van der Waals surface area contributed by atoms with Crippen LogP contribution >= 0.6 is 0 Å². The molecule has 4 heteroatoms. The number of rotatable bonds is 10. The zero-order valence-corrected chi connectivity index (χ0v) is 15.5. The van der Waals surface area contributed by atoms with Crippen LogP contribution in [0.15, 0.2) is 42.5 Å². The van der Waals surface area contributed by atoms with E-state index in [4.69, 9.17) is 13.3 Å². The first-order valence-electron chi connectivity index (χ1n) is 8.67. The summed E-state index contributed by atoms with van der Waals surface area (Å²) in [5.74, 6) is 0. The molecule has 0 unspecified atom stereocenters. The molecule has 0 saturated heterocycles. The summed E-state index contributed by atoms with van der Waals surface area (Å²) in [7, 11) is -2.90. The third kappa shape index (κ3) is 4.41. The van der Waals surface area contributed by atoms with Crippen molar-refractivity contribution in [2.24, 2.45) is 0 Å². The normalized spacial score (nSPS) is 12.0. The lowest BCUT2D eigenvalue weighted by Gasteiger charge is -2.30. The molecule has 0 fully saturated rings. The number of fused-ring (bicyclic) bond motifs is 1. The van der Waals surface area contributed by atoms with Crippen LogP contribution in [0.3, 0.4) is 0 Å². The van der Waals surface area contributed by atoms with E-state index in [0.29, 0.717) is 19.8 Å². The Balaban J connectivity index is 2.51. The fourth-order valence-corrected chi connectivity index (χ4v) is 5.55. The predicted molar refractivity (Wildman–Crippen MR) is 98.1 cm³/mol. The zero-order valence-electron chi connectivity index (χ0n) is 14.5. The van der Waals surface area contributed by atoms with Crippen LogP contribution in [0.5, 0.6) is 0 Å². The molecule has 0 N–H and O–H groups in total. The standard InChI is InChI=1S/C19H28O3Si/c1-4-14-20-23(21-15-5-2,22-16-6-3)19-13-9-11-17-10-7-8-12-18(17)19/h7-13H,4-6,14-16H2,1-3H3. The number of hydrogen-bond donors (Lipinski definition) is 0. The molecule has 2 aromatic rings. The van der Waals surface area contributed by atoms with Gasteiger partial charge in [-0.15, -0.1) is 0 Å². The maximum atomic E-state index is 6.27. The van der Waals surface area contributed by atoms with Crippen molar-refractivity contribution >= 4 is 24.8 Å². The van der Waals surface area contributed by atoms with Gasteiger partial charge in [0, 0.05) is 25.0 Å². The van der Waals surface area contributed by atoms with Gasteiger partial charge >= 0.3 is 8.80 Å². The number of benzene rings is 2. The molecule has 3 nitrogen and oxygen atoms in total. The van der Waals surface area contributed by atoms with Gasteiger partial charge in [0.2, 0.25) is 0 Å². The lowest BCUT2D eigenvalue weighted by Crippen LogP contribution is -2.57. The smallest absolute Gasteiger partial charge is 0.370 e. The highest BCUT2D eigenvalue weighted by Gasteiger charge is 2.44. The summed E-state index contributed by atoms with van der Waals surface area (Å²) >= 11 is 0. The van der Waals surface area contributed by atoms with Gasteiger partial charge in [0.15, 0.2) is 0 Å². The van der Waals surface area contributed by atoms with Crippen LogP contribution in [-0.2, 0) is 13.3 Å². The minimum atomic E-state index is -2.90. The Labute approximate surface area is 140 Å². The van der Waals surface area contributed by atoms with E-state index < -0.39 is 8.80 Å². The fourth-order valence-electron chi connectivity index (χ4n) is 2.56. The van der Waals surface area contributed by atoms with Gasteiger partial charge in [-0.1, -0.05) is 63.2 Å². The van der Waals surface area contributed by atoms with Gasteiger partial charge in [0.25, 0.3) is 0 Å². The van der Waals surface area contributed by atoms with Gasteiger partial charge < -0.3 is 13.3 Å². The fraction of sp³-hybridized carbons (Fsp3) is 0.474. The first kappa shape index (κ1) is 18.1. The zero-order chi connectivity index (χ0) is 16.5. The van der Waals surface area contributed by atoms with E-state index in [0.717, 1.165) is 24.4 Å². The molecule has 2 aromatic carbocycles. The summed E-state index contributed by atoms with van der Waals surface area (Å²) in [6, 6.07) is 14.7. The molecule has 0 radical (unpaired) electrons. The first-order valence-corrected chi connectivity index (χ1v) is 10.4. The lowest BCUT2D eigenvalue weighted by atomic mass is 10.1. The largest absolute Gasteiger partial charge is 0.537 e. The third-order valence-electron chi connectivity index (χ3n) is 3.61. The lowest BCUT2D eigenvalue weighted by molar-refractivity contribution is 0.0734. The van der Waals surface area contributed by atoms with E-state index >= 15 is 0 Å². The minimum Gasteiger partial charge on any atom is -0.370 e. The van der Waals surface area contributed by atoms with Crippen molar-refractivity contribution in [3.63, 3.8) is 0 Å². The second kappa shape index (κ2) is 9.18. The van der Waals surface area contributed by atoms with Gasteiger partial charge in [-0.3, -0.25) is 0 Å². The van der Waals surface area contributed by atoms with Gasteiger partial charge in [-0.25, -0.2) is 0 Å². The van der Waals surface area contributed by atoms with Gasteiger partial charge in [0.05, 0.1) is 0 Å². The van der Waals surface area contributed by atoms with Crippen LogP contribution in [0.2, 0.25) is 0 Å². The summed E-state index contributed by atoms with van der Waals surface area (Å²) < 4.78 is 18.8. The Hall–Kier alpha value is -1.20. The minimum absolute atomic E-state index is 0.656. The van der Waals surface area contributed by atoms with Crippen molar-refractivity contribution in [3.8, 4) is 0 Å². The van der Waals surface area contributed by atoms with Crippen molar-refractivity contribution in [2.45, 2.75) is 40.0 Å². The van der Waals surface area contributed by atoms with E-state index in [-0.39, 0.29) is 0 Å². The number of hydrogen-bond acceptors (Lipinski definition) is 3. The van der Waals surface area contributed by atoms with Crippen LogP contribution in [0.1, 0.15) is 40.0 Å². The highest BCUT2D eigenvalue weighted by molar-refractivity contribution is 6.77. The molecule has 0 aliphatic heterocycles. The average molecular weight is 333 g/mol. The van der Waals surface area contributed by atoms with Gasteiger partial charge in [-0.2, -0.15) is 0 Å². The Morgan fingerprint density at radius 2 is 1.22 bits per heavy atom. The van der Waals surface area contributed by atoms with Crippen molar-refractivity contribution in [1.29, 1.82) is 0 Å². The second-order valence-electron chi connectivity index (χ2n) is 5.63. The highest BCUT2D eigenvalue weighted by Crippen LogP contribution is 2.19. The van der Waals surface area contributed by atoms with Gasteiger partial charge in [0.1, 0.15) is 0 Å². The third-order valence-corrected chi connectivity index (χ3v) is 6.46. The predicted octanol–water partition coefficient (Wildman–Crippen LogP) is 4.27. The Morgan fingerprint density at radius 1 is 0.696 bits per heavy atom. The van der Waals surface area contributed by atoms with E-state index in [9.17, 15) is 0 Å². The molecule has 23 heavy (non-hydrogen) atoms. The molecule has 0 heterocycles. The Kier molecular flexibility index (Phi) is 7.24. The Bertz CT molecular complexity index is 573. The molecule has 126 valence electrons. The van der Waals surface area contributed by atoms with Crippen molar-refractivity contribution in [3.05, 3.63) is 42.5 Å².